The Morgan fingerprint density at radius 2 is 2.05 bits per heavy atom. The number of carboxylic acid groups (broad SMARTS) is 1. The third-order valence-electron chi connectivity index (χ3n) is 3.09. The highest BCUT2D eigenvalue weighted by Gasteiger charge is 2.41. The molecule has 2 atom stereocenters. The van der Waals surface area contributed by atoms with Gasteiger partial charge < -0.3 is 10.4 Å². The smallest absolute Gasteiger partial charge is 0.416 e. The molecule has 1 aliphatic heterocycles. The largest absolute Gasteiger partial charge is 0.481 e. The Morgan fingerprint density at radius 1 is 1.37 bits per heavy atom. The molecule has 0 spiro atoms. The summed E-state index contributed by atoms with van der Waals surface area (Å²) < 4.78 is 37.8. The van der Waals surface area contributed by atoms with E-state index in [-0.39, 0.29) is 12.1 Å². The lowest BCUT2D eigenvalue weighted by Crippen LogP contribution is -2.26. The molecule has 2 N–H and O–H groups in total. The molecule has 1 saturated heterocycles. The summed E-state index contributed by atoms with van der Waals surface area (Å²) in [5.41, 5.74) is -0.658. The van der Waals surface area contributed by atoms with Crippen LogP contribution in [0.3, 0.4) is 0 Å². The predicted molar refractivity (Wildman–Crippen MR) is 58.3 cm³/mol. The molecule has 0 bridgehead atoms. The zero-order valence-electron chi connectivity index (χ0n) is 9.57. The normalized spacial score (nSPS) is 23.2. The van der Waals surface area contributed by atoms with Crippen LogP contribution < -0.4 is 5.32 Å². The van der Waals surface area contributed by atoms with Gasteiger partial charge in [0.05, 0.1) is 5.56 Å². The van der Waals surface area contributed by atoms with Gasteiger partial charge in [0.1, 0.15) is 5.92 Å². The van der Waals surface area contributed by atoms with Gasteiger partial charge in [-0.25, -0.2) is 0 Å². The van der Waals surface area contributed by atoms with E-state index in [0.717, 1.165) is 12.1 Å². The van der Waals surface area contributed by atoms with Gasteiger partial charge in [-0.15, -0.1) is 0 Å². The fraction of sp³-hybridized carbons (Fsp3) is 0.333. The maximum absolute atomic E-state index is 12.6. The molecule has 1 aromatic rings. The molecule has 0 aromatic heterocycles. The van der Waals surface area contributed by atoms with Crippen LogP contribution in [0.4, 0.5) is 13.2 Å². The van der Waals surface area contributed by atoms with Crippen molar-refractivity contribution in [2.45, 2.75) is 12.1 Å². The van der Waals surface area contributed by atoms with Crippen LogP contribution in [0.2, 0.25) is 0 Å². The average molecular weight is 273 g/mol. The summed E-state index contributed by atoms with van der Waals surface area (Å²) in [6.45, 7) is 0.0249. The van der Waals surface area contributed by atoms with Crippen molar-refractivity contribution in [3.63, 3.8) is 0 Å². The first kappa shape index (κ1) is 13.4. The minimum absolute atomic E-state index is 0.0249. The average Bonchev–Trinajstić information content (AvgIpc) is 2.70. The van der Waals surface area contributed by atoms with Crippen molar-refractivity contribution in [3.05, 3.63) is 35.4 Å². The SMILES string of the molecule is O=C(O)C1C(=O)NC[C@@H]1c1cccc(C(F)(F)F)c1. The summed E-state index contributed by atoms with van der Waals surface area (Å²) in [4.78, 5) is 22.4. The second-order valence-corrected chi connectivity index (χ2v) is 4.29. The van der Waals surface area contributed by atoms with Gasteiger partial charge in [-0.1, -0.05) is 18.2 Å². The molecule has 1 aromatic carbocycles. The minimum atomic E-state index is -4.50. The standard InChI is InChI=1S/C12H10F3NO3/c13-12(14,15)7-3-1-2-6(4-7)8-5-16-10(17)9(8)11(18)19/h1-4,8-9H,5H2,(H,16,17)(H,18,19)/t8-,9?/m1/s1. The topological polar surface area (TPSA) is 66.4 Å². The Bertz CT molecular complexity index is 527. The molecule has 0 aliphatic carbocycles. The van der Waals surface area contributed by atoms with Crippen molar-refractivity contribution in [2.75, 3.05) is 6.54 Å². The fourth-order valence-electron chi connectivity index (χ4n) is 2.16. The Labute approximate surface area is 106 Å². The lowest BCUT2D eigenvalue weighted by molar-refractivity contribution is -0.145. The first-order chi connectivity index (χ1) is 8.80. The fourth-order valence-corrected chi connectivity index (χ4v) is 2.16. The summed E-state index contributed by atoms with van der Waals surface area (Å²) in [7, 11) is 0. The number of amides is 1. The van der Waals surface area contributed by atoms with Crippen molar-refractivity contribution >= 4 is 11.9 Å². The highest BCUT2D eigenvalue weighted by Crippen LogP contribution is 2.34. The van der Waals surface area contributed by atoms with Gasteiger partial charge in [0.25, 0.3) is 0 Å². The highest BCUT2D eigenvalue weighted by atomic mass is 19.4. The van der Waals surface area contributed by atoms with E-state index < -0.39 is 35.5 Å². The molecule has 19 heavy (non-hydrogen) atoms. The van der Waals surface area contributed by atoms with E-state index in [1.807, 2.05) is 0 Å². The molecule has 1 aliphatic rings. The van der Waals surface area contributed by atoms with Crippen LogP contribution in [0.1, 0.15) is 17.0 Å². The first-order valence-corrected chi connectivity index (χ1v) is 5.48. The van der Waals surface area contributed by atoms with E-state index in [2.05, 4.69) is 5.32 Å². The molecule has 7 heteroatoms. The molecule has 1 heterocycles. The summed E-state index contributed by atoms with van der Waals surface area (Å²) in [6, 6.07) is 4.40. The molecular formula is C12H10F3NO3. The van der Waals surface area contributed by atoms with Gasteiger partial charge in [-0.3, -0.25) is 9.59 Å². The van der Waals surface area contributed by atoms with Gasteiger partial charge in [0.15, 0.2) is 0 Å². The number of carboxylic acids is 1. The molecule has 1 amide bonds. The number of carbonyl (C=O) groups excluding carboxylic acids is 1. The van der Waals surface area contributed by atoms with Gasteiger partial charge in [0, 0.05) is 12.5 Å². The Morgan fingerprint density at radius 3 is 2.63 bits per heavy atom. The van der Waals surface area contributed by atoms with Gasteiger partial charge in [-0.2, -0.15) is 13.2 Å². The number of hydrogen-bond donors (Lipinski definition) is 2. The van der Waals surface area contributed by atoms with Gasteiger partial charge in [0.2, 0.25) is 5.91 Å². The summed E-state index contributed by atoms with van der Waals surface area (Å²) >= 11 is 0. The molecule has 1 fully saturated rings. The second kappa shape index (κ2) is 4.56. The maximum Gasteiger partial charge on any atom is 0.416 e. The van der Waals surface area contributed by atoms with E-state index in [4.69, 9.17) is 5.11 Å². The van der Waals surface area contributed by atoms with E-state index >= 15 is 0 Å². The van der Waals surface area contributed by atoms with Gasteiger partial charge >= 0.3 is 12.1 Å². The number of carbonyl (C=O) groups is 2. The van der Waals surface area contributed by atoms with Crippen LogP contribution in [0.5, 0.6) is 0 Å². The molecule has 102 valence electrons. The molecule has 1 unspecified atom stereocenters. The second-order valence-electron chi connectivity index (χ2n) is 4.29. The van der Waals surface area contributed by atoms with E-state index in [9.17, 15) is 22.8 Å². The summed E-state index contributed by atoms with van der Waals surface area (Å²) in [5.74, 6) is -4.14. The van der Waals surface area contributed by atoms with Crippen LogP contribution in [0.15, 0.2) is 24.3 Å². The maximum atomic E-state index is 12.6. The molecule has 0 radical (unpaired) electrons. The number of hydrogen-bond acceptors (Lipinski definition) is 2. The van der Waals surface area contributed by atoms with Crippen molar-refractivity contribution in [1.29, 1.82) is 0 Å². The minimum Gasteiger partial charge on any atom is -0.481 e. The zero-order valence-corrected chi connectivity index (χ0v) is 9.57. The number of benzene rings is 1. The predicted octanol–water partition coefficient (Wildman–Crippen LogP) is 1.62. The number of aliphatic carboxylic acids is 1. The Balaban J connectivity index is 2.37. The van der Waals surface area contributed by atoms with Crippen molar-refractivity contribution in [2.24, 2.45) is 5.92 Å². The van der Waals surface area contributed by atoms with E-state index in [0.29, 0.717) is 0 Å². The van der Waals surface area contributed by atoms with Crippen molar-refractivity contribution in [3.8, 4) is 0 Å². The number of halogens is 3. The highest BCUT2D eigenvalue weighted by molar-refractivity contribution is 5.99. The number of rotatable bonds is 2. The quantitative estimate of drug-likeness (QED) is 0.805. The van der Waals surface area contributed by atoms with Crippen LogP contribution in [0, 0.1) is 5.92 Å². The lowest BCUT2D eigenvalue weighted by Gasteiger charge is -2.15. The monoisotopic (exact) mass is 273 g/mol. The molecule has 4 nitrogen and oxygen atoms in total. The summed E-state index contributed by atoms with van der Waals surface area (Å²) in [6.07, 6.45) is -4.50. The van der Waals surface area contributed by atoms with Crippen LogP contribution in [-0.2, 0) is 15.8 Å². The van der Waals surface area contributed by atoms with E-state index in [1.165, 1.54) is 12.1 Å². The Hall–Kier alpha value is -2.05. The summed E-state index contributed by atoms with van der Waals surface area (Å²) in [5, 5.41) is 11.3. The van der Waals surface area contributed by atoms with Crippen molar-refractivity contribution in [1.82, 2.24) is 5.32 Å². The van der Waals surface area contributed by atoms with Crippen LogP contribution >= 0.6 is 0 Å². The first-order valence-electron chi connectivity index (χ1n) is 5.48. The number of nitrogens with one attached hydrogen (secondary N) is 1. The molecule has 2 rings (SSSR count). The van der Waals surface area contributed by atoms with Gasteiger partial charge in [-0.05, 0) is 11.6 Å². The molecular weight excluding hydrogens is 263 g/mol. The van der Waals surface area contributed by atoms with Crippen molar-refractivity contribution < 1.29 is 27.9 Å². The Kier molecular flexibility index (Phi) is 3.21. The lowest BCUT2D eigenvalue weighted by atomic mass is 9.88. The number of alkyl halides is 3. The van der Waals surface area contributed by atoms with E-state index in [1.54, 1.807) is 0 Å². The molecule has 0 saturated carbocycles. The van der Waals surface area contributed by atoms with Crippen LogP contribution in [0.25, 0.3) is 0 Å². The zero-order chi connectivity index (χ0) is 14.2. The third-order valence-corrected chi connectivity index (χ3v) is 3.09. The third kappa shape index (κ3) is 2.54. The van der Waals surface area contributed by atoms with Crippen LogP contribution in [-0.4, -0.2) is 23.5 Å².